The second-order valence-electron chi connectivity index (χ2n) is 8.71. The Labute approximate surface area is 191 Å². The van der Waals surface area contributed by atoms with E-state index < -0.39 is 0 Å². The van der Waals surface area contributed by atoms with Crippen molar-refractivity contribution in [1.29, 1.82) is 0 Å². The number of hydrogen-bond donors (Lipinski definition) is 1. The first-order valence-electron chi connectivity index (χ1n) is 10.9. The maximum Gasteiger partial charge on any atom is 0.209 e. The summed E-state index contributed by atoms with van der Waals surface area (Å²) in [5.41, 5.74) is 7.17. The van der Waals surface area contributed by atoms with Crippen LogP contribution < -0.4 is 5.32 Å². The van der Waals surface area contributed by atoms with Crippen molar-refractivity contribution in [3.05, 3.63) is 106 Å². The third-order valence-corrected chi connectivity index (χ3v) is 6.85. The second-order valence-corrected chi connectivity index (χ2v) is 9.14. The van der Waals surface area contributed by atoms with Gasteiger partial charge < -0.3 is 5.32 Å². The van der Waals surface area contributed by atoms with E-state index >= 15 is 0 Å². The van der Waals surface area contributed by atoms with Crippen molar-refractivity contribution in [2.24, 2.45) is 0 Å². The molecule has 0 radical (unpaired) electrons. The molecule has 158 valence electrons. The Hall–Kier alpha value is -3.37. The smallest absolute Gasteiger partial charge is 0.209 e. The maximum atomic E-state index is 13.7. The maximum absolute atomic E-state index is 13.7. The molecular formula is C27H22ClN3O. The molecule has 0 saturated heterocycles. The lowest BCUT2D eigenvalue weighted by Gasteiger charge is -2.36. The molecule has 32 heavy (non-hydrogen) atoms. The monoisotopic (exact) mass is 439 g/mol. The summed E-state index contributed by atoms with van der Waals surface area (Å²) >= 11 is 6.24. The summed E-state index contributed by atoms with van der Waals surface area (Å²) in [4.78, 5) is 18.5. The van der Waals surface area contributed by atoms with Gasteiger partial charge in [-0.3, -0.25) is 9.36 Å². The first kappa shape index (κ1) is 19.3. The molecule has 2 atom stereocenters. The minimum Gasteiger partial charge on any atom is -0.329 e. The Balaban J connectivity index is 1.52. The SMILES string of the molecule is Cc1ccc(C2C3=C(CC(c4cccc(Cl)c4)CC3=O)Nc3nc4ccccc4n32)cc1. The van der Waals surface area contributed by atoms with Gasteiger partial charge in [-0.25, -0.2) is 4.98 Å². The number of para-hydroxylation sites is 2. The van der Waals surface area contributed by atoms with E-state index in [0.717, 1.165) is 45.8 Å². The van der Waals surface area contributed by atoms with E-state index in [1.807, 2.05) is 36.4 Å². The van der Waals surface area contributed by atoms with Crippen LogP contribution in [0, 0.1) is 6.92 Å². The summed E-state index contributed by atoms with van der Waals surface area (Å²) in [5, 5.41) is 4.22. The van der Waals surface area contributed by atoms with Crippen molar-refractivity contribution in [2.75, 3.05) is 5.32 Å². The predicted octanol–water partition coefficient (Wildman–Crippen LogP) is 6.41. The second kappa shape index (κ2) is 7.35. The molecule has 1 N–H and O–H groups in total. The molecule has 0 spiro atoms. The van der Waals surface area contributed by atoms with Gasteiger partial charge in [-0.15, -0.1) is 0 Å². The molecular weight excluding hydrogens is 418 g/mol. The summed E-state index contributed by atoms with van der Waals surface area (Å²) < 4.78 is 2.18. The van der Waals surface area contributed by atoms with Crippen LogP contribution in [0.5, 0.6) is 0 Å². The fourth-order valence-electron chi connectivity index (χ4n) is 5.09. The number of hydrogen-bond acceptors (Lipinski definition) is 3. The van der Waals surface area contributed by atoms with Crippen LogP contribution in [0.2, 0.25) is 5.02 Å². The fourth-order valence-corrected chi connectivity index (χ4v) is 5.28. The predicted molar refractivity (Wildman–Crippen MR) is 128 cm³/mol. The Morgan fingerprint density at radius 3 is 2.59 bits per heavy atom. The van der Waals surface area contributed by atoms with Crippen LogP contribution >= 0.6 is 11.6 Å². The summed E-state index contributed by atoms with van der Waals surface area (Å²) in [6, 6.07) is 24.2. The lowest BCUT2D eigenvalue weighted by Crippen LogP contribution is -2.33. The number of nitrogens with one attached hydrogen (secondary N) is 1. The number of aryl methyl sites for hydroxylation is 1. The normalized spacial score (nSPS) is 20.1. The minimum atomic E-state index is -0.193. The van der Waals surface area contributed by atoms with E-state index in [2.05, 4.69) is 53.2 Å². The molecule has 0 bridgehead atoms. The van der Waals surface area contributed by atoms with E-state index in [0.29, 0.717) is 11.4 Å². The molecule has 0 fully saturated rings. The number of allylic oxidation sites excluding steroid dienone is 2. The minimum absolute atomic E-state index is 0.0991. The van der Waals surface area contributed by atoms with E-state index in [-0.39, 0.29) is 17.7 Å². The van der Waals surface area contributed by atoms with Gasteiger partial charge in [-0.1, -0.05) is 65.7 Å². The molecule has 1 aliphatic carbocycles. The molecule has 1 aromatic heterocycles. The average Bonchev–Trinajstić information content (AvgIpc) is 3.16. The van der Waals surface area contributed by atoms with E-state index in [4.69, 9.17) is 16.6 Å². The van der Waals surface area contributed by atoms with Crippen molar-refractivity contribution >= 4 is 34.4 Å². The average molecular weight is 440 g/mol. The molecule has 6 rings (SSSR count). The van der Waals surface area contributed by atoms with Crippen molar-refractivity contribution in [3.8, 4) is 0 Å². The summed E-state index contributed by atoms with van der Waals surface area (Å²) in [6.07, 6.45) is 1.23. The van der Waals surface area contributed by atoms with Gasteiger partial charge >= 0.3 is 0 Å². The molecule has 4 aromatic rings. The lowest BCUT2D eigenvalue weighted by molar-refractivity contribution is -0.116. The van der Waals surface area contributed by atoms with Crippen molar-refractivity contribution in [1.82, 2.24) is 9.55 Å². The van der Waals surface area contributed by atoms with Crippen LogP contribution in [0.1, 0.15) is 41.5 Å². The zero-order chi connectivity index (χ0) is 21.8. The van der Waals surface area contributed by atoms with Gasteiger partial charge in [0.25, 0.3) is 0 Å². The Bertz CT molecular complexity index is 1400. The van der Waals surface area contributed by atoms with Crippen LogP contribution in [-0.2, 0) is 4.79 Å². The zero-order valence-corrected chi connectivity index (χ0v) is 18.4. The number of fused-ring (bicyclic) bond motifs is 3. The molecule has 0 saturated carbocycles. The molecule has 2 heterocycles. The quantitative estimate of drug-likeness (QED) is 0.392. The third-order valence-electron chi connectivity index (χ3n) is 6.61. The number of carbonyl (C=O) groups excluding carboxylic acids is 1. The highest BCUT2D eigenvalue weighted by molar-refractivity contribution is 6.30. The lowest BCUT2D eigenvalue weighted by atomic mass is 9.77. The van der Waals surface area contributed by atoms with Crippen LogP contribution in [-0.4, -0.2) is 15.3 Å². The van der Waals surface area contributed by atoms with Crippen molar-refractivity contribution in [3.63, 3.8) is 0 Å². The molecule has 3 aromatic carbocycles. The van der Waals surface area contributed by atoms with Gasteiger partial charge in [0.1, 0.15) is 0 Å². The topological polar surface area (TPSA) is 46.9 Å². The number of imidazole rings is 1. The molecule has 5 heteroatoms. The standard InChI is InChI=1S/C27H22ClN3O/c1-16-9-11-17(12-10-16)26-25-22(30-27-29-21-7-2-3-8-23(21)31(26)27)14-19(15-24(25)32)18-5-4-6-20(28)13-18/h2-13,19,26H,14-15H2,1H3,(H,29,30). The van der Waals surface area contributed by atoms with Crippen molar-refractivity contribution in [2.45, 2.75) is 31.7 Å². The van der Waals surface area contributed by atoms with E-state index in [1.165, 1.54) is 5.56 Å². The molecule has 2 aliphatic rings. The van der Waals surface area contributed by atoms with Crippen molar-refractivity contribution < 1.29 is 4.79 Å². The van der Waals surface area contributed by atoms with Gasteiger partial charge in [-0.05, 0) is 54.7 Å². The number of nitrogens with zero attached hydrogens (tertiary/aromatic N) is 2. The van der Waals surface area contributed by atoms with Gasteiger partial charge in [0.05, 0.1) is 17.1 Å². The third kappa shape index (κ3) is 3.06. The fraction of sp³-hybridized carbons (Fsp3) is 0.185. The largest absolute Gasteiger partial charge is 0.329 e. The number of aromatic nitrogens is 2. The molecule has 4 nitrogen and oxygen atoms in total. The molecule has 2 unspecified atom stereocenters. The number of halogens is 1. The number of ketones is 1. The van der Waals surface area contributed by atoms with Crippen LogP contribution in [0.15, 0.2) is 84.1 Å². The summed E-state index contributed by atoms with van der Waals surface area (Å²) in [5.74, 6) is 1.06. The Morgan fingerprint density at radius 1 is 0.969 bits per heavy atom. The number of carbonyl (C=O) groups is 1. The number of Topliss-reactive ketones (excluding diaryl/α,β-unsaturated/α-hetero) is 1. The molecule has 0 amide bonds. The first-order chi connectivity index (χ1) is 15.6. The number of anilines is 1. The highest BCUT2D eigenvalue weighted by Crippen LogP contribution is 2.46. The van der Waals surface area contributed by atoms with Gasteiger partial charge in [0.2, 0.25) is 5.95 Å². The van der Waals surface area contributed by atoms with E-state index in [1.54, 1.807) is 0 Å². The number of benzene rings is 3. The highest BCUT2D eigenvalue weighted by Gasteiger charge is 2.39. The van der Waals surface area contributed by atoms with E-state index in [9.17, 15) is 4.79 Å². The highest BCUT2D eigenvalue weighted by atomic mass is 35.5. The Kier molecular flexibility index (Phi) is 4.44. The number of rotatable bonds is 2. The van der Waals surface area contributed by atoms with Crippen LogP contribution in [0.3, 0.4) is 0 Å². The Morgan fingerprint density at radius 2 is 1.78 bits per heavy atom. The summed E-state index contributed by atoms with van der Waals surface area (Å²) in [6.45, 7) is 2.08. The van der Waals surface area contributed by atoms with Crippen LogP contribution in [0.4, 0.5) is 5.95 Å². The van der Waals surface area contributed by atoms with Crippen LogP contribution in [0.25, 0.3) is 11.0 Å². The first-order valence-corrected chi connectivity index (χ1v) is 11.3. The summed E-state index contributed by atoms with van der Waals surface area (Å²) in [7, 11) is 0. The zero-order valence-electron chi connectivity index (χ0n) is 17.7. The van der Waals surface area contributed by atoms with Gasteiger partial charge in [0.15, 0.2) is 5.78 Å². The van der Waals surface area contributed by atoms with Gasteiger partial charge in [-0.2, -0.15) is 0 Å². The molecule has 1 aliphatic heterocycles. The van der Waals surface area contributed by atoms with Gasteiger partial charge in [0, 0.05) is 22.7 Å².